The summed E-state index contributed by atoms with van der Waals surface area (Å²) in [6.07, 6.45) is 3.98. The Labute approximate surface area is 164 Å². The topological polar surface area (TPSA) is 65.2 Å². The molecule has 0 spiro atoms. The summed E-state index contributed by atoms with van der Waals surface area (Å²) in [4.78, 5) is 30.3. The van der Waals surface area contributed by atoms with E-state index >= 15 is 0 Å². The van der Waals surface area contributed by atoms with Crippen LogP contribution in [0.2, 0.25) is 0 Å². The molecule has 2 heterocycles. The van der Waals surface area contributed by atoms with Crippen LogP contribution in [0.4, 0.5) is 0 Å². The molecule has 144 valence electrons. The lowest BCUT2D eigenvalue weighted by atomic mass is 9.89. The molecular weight excluding hydrogens is 350 g/mol. The molecule has 1 atom stereocenters. The number of carbonyl (C=O) groups excluding carboxylic acids is 2. The van der Waals surface area contributed by atoms with Gasteiger partial charge in [0, 0.05) is 35.8 Å². The Bertz CT molecular complexity index is 972. The van der Waals surface area contributed by atoms with Crippen molar-refractivity contribution in [3.05, 3.63) is 71.9 Å². The standard InChI is InChI=1S/C23H25N3O2/c1-16(25-22(27)18-7-3-2-4-8-18)23(28)26-13-11-17(12-14-26)20-15-24-21-10-6-5-9-19(20)21/h2-10,15-17,24H,11-14H2,1H3,(H,25,27). The lowest BCUT2D eigenvalue weighted by Crippen LogP contribution is -2.49. The zero-order chi connectivity index (χ0) is 19.5. The third kappa shape index (κ3) is 3.65. The van der Waals surface area contributed by atoms with Crippen LogP contribution in [0.15, 0.2) is 60.8 Å². The first-order valence-electron chi connectivity index (χ1n) is 9.84. The van der Waals surface area contributed by atoms with Gasteiger partial charge in [-0.25, -0.2) is 0 Å². The van der Waals surface area contributed by atoms with E-state index in [1.807, 2.05) is 29.2 Å². The number of para-hydroxylation sites is 1. The maximum Gasteiger partial charge on any atom is 0.251 e. The lowest BCUT2D eigenvalue weighted by Gasteiger charge is -2.33. The number of likely N-dealkylation sites (tertiary alicyclic amines) is 1. The van der Waals surface area contributed by atoms with Gasteiger partial charge in [0.25, 0.3) is 5.91 Å². The van der Waals surface area contributed by atoms with Crippen molar-refractivity contribution in [1.82, 2.24) is 15.2 Å². The molecule has 4 rings (SSSR count). The van der Waals surface area contributed by atoms with Crippen molar-refractivity contribution in [2.24, 2.45) is 0 Å². The third-order valence-corrected chi connectivity index (χ3v) is 5.62. The van der Waals surface area contributed by atoms with Crippen LogP contribution in [0.25, 0.3) is 10.9 Å². The van der Waals surface area contributed by atoms with E-state index in [-0.39, 0.29) is 11.8 Å². The summed E-state index contributed by atoms with van der Waals surface area (Å²) in [5.41, 5.74) is 3.07. The number of hydrogen-bond donors (Lipinski definition) is 2. The zero-order valence-electron chi connectivity index (χ0n) is 16.0. The maximum absolute atomic E-state index is 12.8. The van der Waals surface area contributed by atoms with Crippen molar-refractivity contribution in [2.75, 3.05) is 13.1 Å². The highest BCUT2D eigenvalue weighted by molar-refractivity contribution is 5.97. The van der Waals surface area contributed by atoms with Crippen LogP contribution in [0.3, 0.4) is 0 Å². The molecule has 5 nitrogen and oxygen atoms in total. The molecule has 0 saturated carbocycles. The van der Waals surface area contributed by atoms with Crippen molar-refractivity contribution in [2.45, 2.75) is 31.7 Å². The van der Waals surface area contributed by atoms with Gasteiger partial charge in [-0.15, -0.1) is 0 Å². The summed E-state index contributed by atoms with van der Waals surface area (Å²) in [5, 5.41) is 4.09. The van der Waals surface area contributed by atoms with E-state index < -0.39 is 6.04 Å². The fourth-order valence-electron chi connectivity index (χ4n) is 4.05. The first-order chi connectivity index (χ1) is 13.6. The van der Waals surface area contributed by atoms with Gasteiger partial charge < -0.3 is 15.2 Å². The summed E-state index contributed by atoms with van der Waals surface area (Å²) in [6, 6.07) is 16.8. The van der Waals surface area contributed by atoms with Gasteiger partial charge in [-0.05, 0) is 49.4 Å². The van der Waals surface area contributed by atoms with Crippen LogP contribution in [0.5, 0.6) is 0 Å². The second-order valence-corrected chi connectivity index (χ2v) is 7.45. The first-order valence-corrected chi connectivity index (χ1v) is 9.84. The fraction of sp³-hybridized carbons (Fsp3) is 0.304. The summed E-state index contributed by atoms with van der Waals surface area (Å²) >= 11 is 0. The number of benzene rings is 2. The van der Waals surface area contributed by atoms with Crippen molar-refractivity contribution in [3.8, 4) is 0 Å². The average molecular weight is 375 g/mol. The van der Waals surface area contributed by atoms with Crippen molar-refractivity contribution >= 4 is 22.7 Å². The predicted octanol–water partition coefficient (Wildman–Crippen LogP) is 3.69. The molecule has 1 aliphatic rings. The largest absolute Gasteiger partial charge is 0.361 e. The fourth-order valence-corrected chi connectivity index (χ4v) is 4.05. The van der Waals surface area contributed by atoms with Crippen molar-refractivity contribution in [3.63, 3.8) is 0 Å². The van der Waals surface area contributed by atoms with Crippen LogP contribution in [0.1, 0.15) is 41.6 Å². The summed E-state index contributed by atoms with van der Waals surface area (Å²) in [7, 11) is 0. The van der Waals surface area contributed by atoms with E-state index in [0.717, 1.165) is 18.4 Å². The Kier molecular flexibility index (Phi) is 5.15. The van der Waals surface area contributed by atoms with Crippen LogP contribution in [0, 0.1) is 0 Å². The number of nitrogens with one attached hydrogen (secondary N) is 2. The van der Waals surface area contributed by atoms with E-state index in [4.69, 9.17) is 0 Å². The van der Waals surface area contributed by atoms with E-state index in [1.54, 1.807) is 19.1 Å². The van der Waals surface area contributed by atoms with Crippen molar-refractivity contribution in [1.29, 1.82) is 0 Å². The molecule has 2 N–H and O–H groups in total. The summed E-state index contributed by atoms with van der Waals surface area (Å²) < 4.78 is 0. The Balaban J connectivity index is 1.35. The maximum atomic E-state index is 12.8. The van der Waals surface area contributed by atoms with E-state index in [2.05, 4.69) is 34.7 Å². The Morgan fingerprint density at radius 2 is 1.71 bits per heavy atom. The van der Waals surface area contributed by atoms with Crippen molar-refractivity contribution < 1.29 is 9.59 Å². The molecule has 1 aromatic heterocycles. The van der Waals surface area contributed by atoms with Gasteiger partial charge in [-0.1, -0.05) is 36.4 Å². The number of H-pyrrole nitrogens is 1. The zero-order valence-corrected chi connectivity index (χ0v) is 16.0. The van der Waals surface area contributed by atoms with Gasteiger partial charge in [-0.2, -0.15) is 0 Å². The third-order valence-electron chi connectivity index (χ3n) is 5.62. The van der Waals surface area contributed by atoms with E-state index in [1.165, 1.54) is 10.9 Å². The number of rotatable bonds is 4. The number of aromatic nitrogens is 1. The molecule has 0 aliphatic carbocycles. The van der Waals surface area contributed by atoms with E-state index in [9.17, 15) is 9.59 Å². The number of aromatic amines is 1. The molecule has 3 aromatic rings. The van der Waals surface area contributed by atoms with Gasteiger partial charge in [0.15, 0.2) is 0 Å². The second kappa shape index (κ2) is 7.89. The molecule has 0 bridgehead atoms. The molecule has 1 unspecified atom stereocenters. The highest BCUT2D eigenvalue weighted by atomic mass is 16.2. The first kappa shape index (κ1) is 18.3. The number of nitrogens with zero attached hydrogens (tertiary/aromatic N) is 1. The number of amides is 2. The number of carbonyl (C=O) groups is 2. The van der Waals surface area contributed by atoms with Gasteiger partial charge in [0.05, 0.1) is 0 Å². The van der Waals surface area contributed by atoms with Crippen LogP contribution < -0.4 is 5.32 Å². The molecule has 28 heavy (non-hydrogen) atoms. The number of fused-ring (bicyclic) bond motifs is 1. The van der Waals surface area contributed by atoms with Gasteiger partial charge in [-0.3, -0.25) is 9.59 Å². The van der Waals surface area contributed by atoms with Crippen LogP contribution in [-0.2, 0) is 4.79 Å². The number of hydrogen-bond acceptors (Lipinski definition) is 2. The smallest absolute Gasteiger partial charge is 0.251 e. The average Bonchev–Trinajstić information content (AvgIpc) is 3.18. The van der Waals surface area contributed by atoms with Crippen LogP contribution >= 0.6 is 0 Å². The molecule has 2 amide bonds. The molecule has 0 radical (unpaired) electrons. The lowest BCUT2D eigenvalue weighted by molar-refractivity contribution is -0.133. The van der Waals surface area contributed by atoms with Gasteiger partial charge in [0.2, 0.25) is 5.91 Å². The molecular formula is C23H25N3O2. The Morgan fingerprint density at radius 3 is 2.46 bits per heavy atom. The Morgan fingerprint density at radius 1 is 1.04 bits per heavy atom. The summed E-state index contributed by atoms with van der Waals surface area (Å²) in [6.45, 7) is 3.19. The molecule has 1 aliphatic heterocycles. The minimum absolute atomic E-state index is 0.0124. The highest BCUT2D eigenvalue weighted by Gasteiger charge is 2.28. The molecule has 1 saturated heterocycles. The van der Waals surface area contributed by atoms with Gasteiger partial charge in [0.1, 0.15) is 6.04 Å². The number of piperidine rings is 1. The highest BCUT2D eigenvalue weighted by Crippen LogP contribution is 2.33. The van der Waals surface area contributed by atoms with E-state index in [0.29, 0.717) is 24.6 Å². The molecule has 5 heteroatoms. The summed E-state index contributed by atoms with van der Waals surface area (Å²) in [5.74, 6) is 0.228. The second-order valence-electron chi connectivity index (χ2n) is 7.45. The Hall–Kier alpha value is -3.08. The SMILES string of the molecule is CC(NC(=O)c1ccccc1)C(=O)N1CCC(c2c[nH]c3ccccc23)CC1. The predicted molar refractivity (Wildman–Crippen MR) is 110 cm³/mol. The minimum Gasteiger partial charge on any atom is -0.361 e. The molecule has 1 fully saturated rings. The molecule has 2 aromatic carbocycles. The quantitative estimate of drug-likeness (QED) is 0.730. The minimum atomic E-state index is -0.530. The van der Waals surface area contributed by atoms with Gasteiger partial charge >= 0.3 is 0 Å². The van der Waals surface area contributed by atoms with Crippen LogP contribution in [-0.4, -0.2) is 40.8 Å². The monoisotopic (exact) mass is 375 g/mol. The normalized spacial score (nSPS) is 16.1.